The molecule has 0 saturated heterocycles. The second kappa shape index (κ2) is 6.22. The summed E-state index contributed by atoms with van der Waals surface area (Å²) >= 11 is 4.69. The molecule has 1 unspecified atom stereocenters. The van der Waals surface area contributed by atoms with Crippen LogP contribution in [0.3, 0.4) is 0 Å². The summed E-state index contributed by atoms with van der Waals surface area (Å²) in [5.41, 5.74) is 4.93. The molecule has 1 aromatic rings. The molecule has 1 aromatic carbocycles. The molecule has 21 heavy (non-hydrogen) atoms. The maximum Gasteiger partial charge on any atom is 0.417 e. The molecule has 1 aliphatic carbocycles. The van der Waals surface area contributed by atoms with E-state index in [0.29, 0.717) is 11.6 Å². The Morgan fingerprint density at radius 3 is 2.48 bits per heavy atom. The third-order valence-electron chi connectivity index (χ3n) is 4.09. The van der Waals surface area contributed by atoms with Gasteiger partial charge in [-0.2, -0.15) is 13.2 Å². The molecule has 2 rings (SSSR count). The summed E-state index contributed by atoms with van der Waals surface area (Å²) in [7, 11) is 0. The first-order valence-corrected chi connectivity index (χ1v) is 7.47. The molecule has 0 spiro atoms. The van der Waals surface area contributed by atoms with Crippen molar-refractivity contribution in [2.45, 2.75) is 44.8 Å². The smallest absolute Gasteiger partial charge is 0.389 e. The number of rotatable bonds is 4. The van der Waals surface area contributed by atoms with E-state index in [-0.39, 0.29) is 16.6 Å². The topological polar surface area (TPSA) is 38.0 Å². The van der Waals surface area contributed by atoms with E-state index in [4.69, 9.17) is 18.0 Å². The molecular formula is C15H19F3N2S. The Labute approximate surface area is 127 Å². The van der Waals surface area contributed by atoms with Gasteiger partial charge in [0.15, 0.2) is 0 Å². The lowest BCUT2D eigenvalue weighted by Gasteiger charge is -2.23. The van der Waals surface area contributed by atoms with Crippen LogP contribution in [0.2, 0.25) is 0 Å². The third kappa shape index (κ3) is 3.87. The standard InChI is InChI=1S/C15H19F3N2S/c1-9(10-4-2-3-5-10)20-11-6-7-12(14(19)21)13(8-11)15(16,17)18/h6-10,20H,2-5H2,1H3,(H2,19,21). The van der Waals surface area contributed by atoms with Crippen LogP contribution in [-0.2, 0) is 6.18 Å². The van der Waals surface area contributed by atoms with Gasteiger partial charge in [0.25, 0.3) is 0 Å². The van der Waals surface area contributed by atoms with Crippen molar-refractivity contribution >= 4 is 22.9 Å². The maximum atomic E-state index is 13.1. The predicted molar refractivity (Wildman–Crippen MR) is 82.4 cm³/mol. The molecule has 1 atom stereocenters. The fourth-order valence-electron chi connectivity index (χ4n) is 2.92. The molecule has 1 fully saturated rings. The maximum absolute atomic E-state index is 13.1. The van der Waals surface area contributed by atoms with Crippen LogP contribution in [0.4, 0.5) is 18.9 Å². The van der Waals surface area contributed by atoms with Gasteiger partial charge in [0.2, 0.25) is 0 Å². The van der Waals surface area contributed by atoms with Crippen molar-refractivity contribution < 1.29 is 13.2 Å². The van der Waals surface area contributed by atoms with Gasteiger partial charge in [0.1, 0.15) is 4.99 Å². The number of anilines is 1. The summed E-state index contributed by atoms with van der Waals surface area (Å²) in [6, 6.07) is 4.20. The molecule has 1 aliphatic rings. The van der Waals surface area contributed by atoms with Crippen molar-refractivity contribution in [2.24, 2.45) is 11.7 Å². The van der Waals surface area contributed by atoms with Gasteiger partial charge in [-0.3, -0.25) is 0 Å². The SMILES string of the molecule is CC(Nc1ccc(C(N)=S)c(C(F)(F)F)c1)C1CCCC1. The Kier molecular flexibility index (Phi) is 4.76. The monoisotopic (exact) mass is 316 g/mol. The van der Waals surface area contributed by atoms with Crippen molar-refractivity contribution in [1.29, 1.82) is 0 Å². The Balaban J connectivity index is 2.23. The van der Waals surface area contributed by atoms with Crippen LogP contribution in [0.1, 0.15) is 43.7 Å². The van der Waals surface area contributed by atoms with Crippen molar-refractivity contribution in [3.63, 3.8) is 0 Å². The van der Waals surface area contributed by atoms with Crippen LogP contribution < -0.4 is 11.1 Å². The second-order valence-corrected chi connectivity index (χ2v) is 6.04. The normalized spacial score (nSPS) is 17.7. The highest BCUT2D eigenvalue weighted by Gasteiger charge is 2.34. The van der Waals surface area contributed by atoms with Gasteiger partial charge in [-0.15, -0.1) is 0 Å². The first-order valence-electron chi connectivity index (χ1n) is 7.06. The summed E-state index contributed by atoms with van der Waals surface area (Å²) in [6.07, 6.45) is 0.194. The summed E-state index contributed by atoms with van der Waals surface area (Å²) in [4.78, 5) is -0.238. The number of hydrogen-bond donors (Lipinski definition) is 2. The minimum atomic E-state index is -4.47. The molecule has 0 aliphatic heterocycles. The van der Waals surface area contributed by atoms with E-state index >= 15 is 0 Å². The van der Waals surface area contributed by atoms with Crippen LogP contribution >= 0.6 is 12.2 Å². The second-order valence-electron chi connectivity index (χ2n) is 5.60. The molecule has 0 aromatic heterocycles. The van der Waals surface area contributed by atoms with Gasteiger partial charge in [0.05, 0.1) is 5.56 Å². The molecular weight excluding hydrogens is 297 g/mol. The van der Waals surface area contributed by atoms with Gasteiger partial charge in [0, 0.05) is 17.3 Å². The summed E-state index contributed by atoms with van der Waals surface area (Å²) < 4.78 is 39.3. The molecule has 0 radical (unpaired) electrons. The average Bonchev–Trinajstić information content (AvgIpc) is 2.91. The lowest BCUT2D eigenvalue weighted by atomic mass is 9.99. The highest BCUT2D eigenvalue weighted by atomic mass is 32.1. The zero-order valence-electron chi connectivity index (χ0n) is 11.8. The first kappa shape index (κ1) is 16.1. The third-order valence-corrected chi connectivity index (χ3v) is 4.31. The zero-order chi connectivity index (χ0) is 15.6. The van der Waals surface area contributed by atoms with Crippen molar-refractivity contribution in [2.75, 3.05) is 5.32 Å². The Hall–Kier alpha value is -1.30. The van der Waals surface area contributed by atoms with E-state index in [1.54, 1.807) is 6.07 Å². The molecule has 0 amide bonds. The van der Waals surface area contributed by atoms with E-state index < -0.39 is 11.7 Å². The number of hydrogen-bond acceptors (Lipinski definition) is 2. The molecule has 2 nitrogen and oxygen atoms in total. The van der Waals surface area contributed by atoms with Crippen LogP contribution in [0.15, 0.2) is 18.2 Å². The fraction of sp³-hybridized carbons (Fsp3) is 0.533. The number of alkyl halides is 3. The van der Waals surface area contributed by atoms with Crippen LogP contribution in [-0.4, -0.2) is 11.0 Å². The van der Waals surface area contributed by atoms with Crippen LogP contribution in [0.5, 0.6) is 0 Å². The van der Waals surface area contributed by atoms with E-state index in [0.717, 1.165) is 18.9 Å². The number of nitrogens with two attached hydrogens (primary N) is 1. The summed E-state index contributed by atoms with van der Waals surface area (Å²) in [6.45, 7) is 2.02. The quantitative estimate of drug-likeness (QED) is 0.812. The molecule has 0 heterocycles. The van der Waals surface area contributed by atoms with E-state index in [2.05, 4.69) is 5.32 Å². The fourth-order valence-corrected chi connectivity index (χ4v) is 3.10. The van der Waals surface area contributed by atoms with Crippen LogP contribution in [0.25, 0.3) is 0 Å². The number of halogens is 3. The lowest BCUT2D eigenvalue weighted by Crippen LogP contribution is -2.24. The highest BCUT2D eigenvalue weighted by molar-refractivity contribution is 7.80. The Bertz CT molecular complexity index is 522. The molecule has 1 saturated carbocycles. The Morgan fingerprint density at radius 2 is 1.95 bits per heavy atom. The number of thiocarbonyl (C=S) groups is 1. The number of nitrogens with one attached hydrogen (secondary N) is 1. The predicted octanol–water partition coefficient (Wildman–Crippen LogP) is 4.33. The van der Waals surface area contributed by atoms with Crippen molar-refractivity contribution in [1.82, 2.24) is 0 Å². The summed E-state index contributed by atoms with van der Waals surface area (Å²) in [5, 5.41) is 3.18. The number of benzene rings is 1. The van der Waals surface area contributed by atoms with Gasteiger partial charge < -0.3 is 11.1 Å². The van der Waals surface area contributed by atoms with Crippen molar-refractivity contribution in [3.05, 3.63) is 29.3 Å². The van der Waals surface area contributed by atoms with E-state index in [9.17, 15) is 13.2 Å². The summed E-state index contributed by atoms with van der Waals surface area (Å²) in [5.74, 6) is 0.523. The van der Waals surface area contributed by atoms with Crippen LogP contribution in [0, 0.1) is 5.92 Å². The highest BCUT2D eigenvalue weighted by Crippen LogP contribution is 2.35. The first-order chi connectivity index (χ1) is 9.79. The van der Waals surface area contributed by atoms with E-state index in [1.165, 1.54) is 18.9 Å². The van der Waals surface area contributed by atoms with Gasteiger partial charge in [-0.05, 0) is 43.9 Å². The van der Waals surface area contributed by atoms with Crippen molar-refractivity contribution in [3.8, 4) is 0 Å². The van der Waals surface area contributed by atoms with Gasteiger partial charge in [-0.1, -0.05) is 25.1 Å². The minimum Gasteiger partial charge on any atom is -0.389 e. The Morgan fingerprint density at radius 1 is 1.33 bits per heavy atom. The zero-order valence-corrected chi connectivity index (χ0v) is 12.7. The molecule has 116 valence electrons. The van der Waals surface area contributed by atoms with Gasteiger partial charge >= 0.3 is 6.18 Å². The average molecular weight is 316 g/mol. The largest absolute Gasteiger partial charge is 0.417 e. The lowest BCUT2D eigenvalue weighted by molar-refractivity contribution is -0.137. The minimum absolute atomic E-state index is 0.128. The van der Waals surface area contributed by atoms with Gasteiger partial charge in [-0.25, -0.2) is 0 Å². The van der Waals surface area contributed by atoms with E-state index in [1.807, 2.05) is 6.92 Å². The molecule has 3 N–H and O–H groups in total. The molecule has 0 bridgehead atoms. The molecule has 6 heteroatoms.